The Morgan fingerprint density at radius 2 is 2.04 bits per heavy atom. The Hall–Kier alpha value is -2.15. The second-order valence-electron chi connectivity index (χ2n) is 8.04. The van der Waals surface area contributed by atoms with E-state index < -0.39 is 5.82 Å². The van der Waals surface area contributed by atoms with E-state index >= 15 is 0 Å². The topological polar surface area (TPSA) is 70.7 Å². The highest BCUT2D eigenvalue weighted by atomic mass is 19.1. The number of nitrogens with one attached hydrogen (secondary N) is 2. The fourth-order valence-electron chi connectivity index (χ4n) is 4.23. The minimum atomic E-state index is -0.396. The number of amides is 3. The quantitative estimate of drug-likeness (QED) is 0.850. The molecule has 1 saturated carbocycles. The summed E-state index contributed by atoms with van der Waals surface area (Å²) in [7, 11) is 0. The molecule has 27 heavy (non-hydrogen) atoms. The second kappa shape index (κ2) is 7.46. The molecule has 7 heteroatoms. The van der Waals surface area contributed by atoms with Gasteiger partial charge in [-0.05, 0) is 49.8 Å². The molecule has 146 valence electrons. The maximum absolute atomic E-state index is 13.4. The van der Waals surface area contributed by atoms with Gasteiger partial charge in [0, 0.05) is 44.0 Å². The van der Waals surface area contributed by atoms with Crippen LogP contribution >= 0.6 is 0 Å². The van der Waals surface area contributed by atoms with Crippen molar-refractivity contribution in [3.8, 4) is 0 Å². The maximum Gasteiger partial charge on any atom is 0.321 e. The molecule has 3 amide bonds. The zero-order valence-electron chi connectivity index (χ0n) is 15.4. The highest BCUT2D eigenvalue weighted by Gasteiger charge is 2.51. The Labute approximate surface area is 158 Å². The van der Waals surface area contributed by atoms with Crippen LogP contribution in [0.1, 0.15) is 25.7 Å². The highest BCUT2D eigenvalue weighted by molar-refractivity contribution is 5.90. The van der Waals surface area contributed by atoms with Crippen molar-refractivity contribution in [3.05, 3.63) is 30.1 Å². The van der Waals surface area contributed by atoms with Crippen LogP contribution in [0, 0.1) is 23.1 Å². The van der Waals surface area contributed by atoms with E-state index in [1.807, 2.05) is 0 Å². The predicted molar refractivity (Wildman–Crippen MR) is 98.7 cm³/mol. The monoisotopic (exact) mass is 375 g/mol. The largest absolute Gasteiger partial charge is 0.381 e. The SMILES string of the molecule is O=C(NCC1CC1)C1CN(C(=O)Nc2cccc(F)c2)CC12CCOCC2. The summed E-state index contributed by atoms with van der Waals surface area (Å²) >= 11 is 0. The number of rotatable bonds is 4. The standard InChI is InChI=1S/C20H26FN3O3/c21-15-2-1-3-16(10-15)23-19(26)24-12-17(18(25)22-11-14-4-5-14)20(13-24)6-8-27-9-7-20/h1-3,10,14,17H,4-9,11-13H2,(H,22,25)(H,23,26). The second-order valence-corrected chi connectivity index (χ2v) is 8.04. The van der Waals surface area contributed by atoms with Crippen molar-refractivity contribution in [1.29, 1.82) is 0 Å². The molecule has 1 aliphatic carbocycles. The van der Waals surface area contributed by atoms with Crippen LogP contribution in [0.15, 0.2) is 24.3 Å². The van der Waals surface area contributed by atoms with E-state index in [2.05, 4.69) is 10.6 Å². The van der Waals surface area contributed by atoms with Gasteiger partial charge in [0.25, 0.3) is 0 Å². The number of halogens is 1. The summed E-state index contributed by atoms with van der Waals surface area (Å²) in [6.45, 7) is 2.88. The van der Waals surface area contributed by atoms with Crippen LogP contribution in [-0.4, -0.2) is 49.7 Å². The van der Waals surface area contributed by atoms with Crippen LogP contribution in [-0.2, 0) is 9.53 Å². The van der Waals surface area contributed by atoms with E-state index in [4.69, 9.17) is 4.74 Å². The van der Waals surface area contributed by atoms with E-state index in [0.29, 0.717) is 37.9 Å². The van der Waals surface area contributed by atoms with Crippen molar-refractivity contribution in [2.45, 2.75) is 25.7 Å². The van der Waals surface area contributed by atoms with Gasteiger partial charge in [0.15, 0.2) is 0 Å². The molecule has 1 aromatic carbocycles. The van der Waals surface area contributed by atoms with Crippen LogP contribution < -0.4 is 10.6 Å². The lowest BCUT2D eigenvalue weighted by molar-refractivity contribution is -0.129. The number of hydrogen-bond donors (Lipinski definition) is 2. The summed E-state index contributed by atoms with van der Waals surface area (Å²) in [5.74, 6) is 0.0455. The van der Waals surface area contributed by atoms with Gasteiger partial charge < -0.3 is 20.3 Å². The third-order valence-electron chi connectivity index (χ3n) is 6.08. The van der Waals surface area contributed by atoms with Gasteiger partial charge in [0.05, 0.1) is 5.92 Å². The third-order valence-corrected chi connectivity index (χ3v) is 6.08. The van der Waals surface area contributed by atoms with Gasteiger partial charge >= 0.3 is 6.03 Å². The summed E-state index contributed by atoms with van der Waals surface area (Å²) in [6, 6.07) is 5.55. The molecule has 2 N–H and O–H groups in total. The van der Waals surface area contributed by atoms with Crippen LogP contribution in [0.4, 0.5) is 14.9 Å². The van der Waals surface area contributed by atoms with E-state index in [1.165, 1.54) is 25.0 Å². The van der Waals surface area contributed by atoms with E-state index in [1.54, 1.807) is 17.0 Å². The average Bonchev–Trinajstić information content (AvgIpc) is 3.42. The molecule has 1 aromatic rings. The van der Waals surface area contributed by atoms with E-state index in [9.17, 15) is 14.0 Å². The number of ether oxygens (including phenoxy) is 1. The molecule has 6 nitrogen and oxygen atoms in total. The molecule has 0 aromatic heterocycles. The molecule has 2 saturated heterocycles. The average molecular weight is 375 g/mol. The first-order valence-electron chi connectivity index (χ1n) is 9.73. The van der Waals surface area contributed by atoms with Crippen LogP contribution in [0.2, 0.25) is 0 Å². The van der Waals surface area contributed by atoms with Crippen LogP contribution in [0.5, 0.6) is 0 Å². The Kier molecular flexibility index (Phi) is 5.04. The first kappa shape index (κ1) is 18.2. The van der Waals surface area contributed by atoms with Gasteiger partial charge in [-0.25, -0.2) is 9.18 Å². The van der Waals surface area contributed by atoms with Crippen LogP contribution in [0.25, 0.3) is 0 Å². The maximum atomic E-state index is 13.4. The molecular weight excluding hydrogens is 349 g/mol. The number of anilines is 1. The summed E-state index contributed by atoms with van der Waals surface area (Å²) in [4.78, 5) is 27.3. The summed E-state index contributed by atoms with van der Waals surface area (Å²) in [5, 5.41) is 5.84. The summed E-state index contributed by atoms with van der Waals surface area (Å²) in [6.07, 6.45) is 3.93. The van der Waals surface area contributed by atoms with Gasteiger partial charge in [-0.1, -0.05) is 6.07 Å². The number of benzene rings is 1. The minimum absolute atomic E-state index is 0.0462. The molecular formula is C20H26FN3O3. The highest BCUT2D eigenvalue weighted by Crippen LogP contribution is 2.44. The fourth-order valence-corrected chi connectivity index (χ4v) is 4.23. The Morgan fingerprint density at radius 1 is 1.26 bits per heavy atom. The zero-order chi connectivity index (χ0) is 18.9. The minimum Gasteiger partial charge on any atom is -0.381 e. The van der Waals surface area contributed by atoms with Crippen molar-refractivity contribution in [3.63, 3.8) is 0 Å². The van der Waals surface area contributed by atoms with Crippen molar-refractivity contribution in [1.82, 2.24) is 10.2 Å². The molecule has 4 rings (SSSR count). The van der Waals surface area contributed by atoms with Gasteiger partial charge in [0.2, 0.25) is 5.91 Å². The number of nitrogens with zero attached hydrogens (tertiary/aromatic N) is 1. The van der Waals surface area contributed by atoms with Crippen molar-refractivity contribution >= 4 is 17.6 Å². The fraction of sp³-hybridized carbons (Fsp3) is 0.600. The first-order valence-corrected chi connectivity index (χ1v) is 9.73. The van der Waals surface area contributed by atoms with Gasteiger partial charge in [0.1, 0.15) is 5.82 Å². The molecule has 1 atom stereocenters. The zero-order valence-corrected chi connectivity index (χ0v) is 15.4. The normalized spacial score (nSPS) is 24.0. The van der Waals surface area contributed by atoms with Crippen molar-refractivity contribution in [2.24, 2.45) is 17.3 Å². The molecule has 1 spiro atoms. The third kappa shape index (κ3) is 4.08. The number of urea groups is 1. The molecule has 1 unspecified atom stereocenters. The molecule has 3 fully saturated rings. The molecule has 0 bridgehead atoms. The van der Waals surface area contributed by atoms with Gasteiger partial charge in [-0.3, -0.25) is 4.79 Å². The van der Waals surface area contributed by atoms with Crippen LogP contribution in [0.3, 0.4) is 0 Å². The van der Waals surface area contributed by atoms with Crippen molar-refractivity contribution in [2.75, 3.05) is 38.2 Å². The predicted octanol–water partition coefficient (Wildman–Crippen LogP) is 2.61. The Morgan fingerprint density at radius 3 is 2.74 bits per heavy atom. The molecule has 2 aliphatic heterocycles. The van der Waals surface area contributed by atoms with Crippen molar-refractivity contribution < 1.29 is 18.7 Å². The van der Waals surface area contributed by atoms with E-state index in [-0.39, 0.29) is 23.3 Å². The van der Waals surface area contributed by atoms with Gasteiger partial charge in [-0.15, -0.1) is 0 Å². The van der Waals surface area contributed by atoms with Gasteiger partial charge in [-0.2, -0.15) is 0 Å². The molecule has 3 aliphatic rings. The Balaban J connectivity index is 1.45. The summed E-state index contributed by atoms with van der Waals surface area (Å²) < 4.78 is 18.9. The number of likely N-dealkylation sites (tertiary alicyclic amines) is 1. The van der Waals surface area contributed by atoms with E-state index in [0.717, 1.165) is 19.4 Å². The lowest BCUT2D eigenvalue weighted by atomic mass is 9.72. The summed E-state index contributed by atoms with van der Waals surface area (Å²) in [5.41, 5.74) is 0.188. The lowest BCUT2D eigenvalue weighted by Crippen LogP contribution is -2.44. The molecule has 0 radical (unpaired) electrons. The number of carbonyl (C=O) groups is 2. The first-order chi connectivity index (χ1) is 13.1. The Bertz CT molecular complexity index is 716. The smallest absolute Gasteiger partial charge is 0.321 e. The molecule has 2 heterocycles. The number of hydrogen-bond acceptors (Lipinski definition) is 3. The lowest BCUT2D eigenvalue weighted by Gasteiger charge is -2.37. The number of carbonyl (C=O) groups excluding carboxylic acids is 2.